The van der Waals surface area contributed by atoms with E-state index < -0.39 is 10.0 Å². The summed E-state index contributed by atoms with van der Waals surface area (Å²) in [6.07, 6.45) is 3.72. The highest BCUT2D eigenvalue weighted by molar-refractivity contribution is 7.89. The Morgan fingerprint density at radius 2 is 2.28 bits per heavy atom. The summed E-state index contributed by atoms with van der Waals surface area (Å²) < 4.78 is 25.6. The van der Waals surface area contributed by atoms with E-state index in [0.29, 0.717) is 38.2 Å². The molecular weight excluding hydrogens is 342 g/mol. The lowest BCUT2D eigenvalue weighted by molar-refractivity contribution is 0.241. The molecule has 0 saturated carbocycles. The first-order valence-electron chi connectivity index (χ1n) is 8.69. The maximum atomic E-state index is 12.2. The van der Waals surface area contributed by atoms with E-state index in [1.165, 1.54) is 4.31 Å². The van der Waals surface area contributed by atoms with Crippen LogP contribution in [0.2, 0.25) is 0 Å². The number of amidine groups is 1. The van der Waals surface area contributed by atoms with Gasteiger partial charge in [-0.25, -0.2) is 18.2 Å². The number of sulfonamides is 1. The van der Waals surface area contributed by atoms with Gasteiger partial charge in [-0.3, -0.25) is 5.32 Å². The topological polar surface area (TPSA) is 107 Å². The molecule has 1 fully saturated rings. The van der Waals surface area contributed by atoms with Crippen LogP contribution in [0.5, 0.6) is 0 Å². The van der Waals surface area contributed by atoms with E-state index in [9.17, 15) is 13.2 Å². The van der Waals surface area contributed by atoms with Crippen LogP contribution in [0.25, 0.3) is 0 Å². The SMILES string of the molecule is CCCS(=O)(=O)N1CC[C@@H](NC(=O)NC2=Nc3cc[nH]c3C(C)C2)C1. The van der Waals surface area contributed by atoms with Gasteiger partial charge in [0.2, 0.25) is 10.0 Å². The van der Waals surface area contributed by atoms with Crippen molar-refractivity contribution in [2.45, 2.75) is 45.1 Å². The maximum Gasteiger partial charge on any atom is 0.320 e. The molecular formula is C16H25N5O3S. The minimum absolute atomic E-state index is 0.152. The van der Waals surface area contributed by atoms with E-state index in [0.717, 1.165) is 11.4 Å². The maximum absolute atomic E-state index is 12.2. The average Bonchev–Trinajstić information content (AvgIpc) is 3.16. The first-order chi connectivity index (χ1) is 11.9. The number of nitrogens with one attached hydrogen (secondary N) is 3. The van der Waals surface area contributed by atoms with E-state index >= 15 is 0 Å². The van der Waals surface area contributed by atoms with E-state index in [2.05, 4.69) is 27.5 Å². The number of hydrogen-bond donors (Lipinski definition) is 3. The first-order valence-corrected chi connectivity index (χ1v) is 10.3. The second kappa shape index (κ2) is 7.17. The summed E-state index contributed by atoms with van der Waals surface area (Å²) in [7, 11) is -3.21. The third-order valence-corrected chi connectivity index (χ3v) is 6.65. The molecule has 25 heavy (non-hydrogen) atoms. The molecule has 1 aromatic rings. The molecule has 0 aromatic carbocycles. The van der Waals surface area contributed by atoms with Gasteiger partial charge in [-0.15, -0.1) is 0 Å². The van der Waals surface area contributed by atoms with Crippen LogP contribution in [0.1, 0.15) is 44.7 Å². The van der Waals surface area contributed by atoms with Gasteiger partial charge in [-0.05, 0) is 18.9 Å². The number of aromatic amines is 1. The van der Waals surface area contributed by atoms with Gasteiger partial charge < -0.3 is 10.3 Å². The van der Waals surface area contributed by atoms with E-state index in [1.54, 1.807) is 0 Å². The number of carbonyl (C=O) groups excluding carboxylic acids is 1. The number of carbonyl (C=O) groups is 1. The van der Waals surface area contributed by atoms with Crippen molar-refractivity contribution in [3.8, 4) is 0 Å². The summed E-state index contributed by atoms with van der Waals surface area (Å²) in [4.78, 5) is 19.9. The summed E-state index contributed by atoms with van der Waals surface area (Å²) >= 11 is 0. The molecule has 2 atom stereocenters. The minimum Gasteiger partial charge on any atom is -0.363 e. The molecule has 1 unspecified atom stereocenters. The van der Waals surface area contributed by atoms with Crippen LogP contribution in [0.15, 0.2) is 17.3 Å². The zero-order valence-electron chi connectivity index (χ0n) is 14.6. The highest BCUT2D eigenvalue weighted by Crippen LogP contribution is 2.32. The Morgan fingerprint density at radius 3 is 3.04 bits per heavy atom. The Kier molecular flexibility index (Phi) is 5.14. The molecule has 1 saturated heterocycles. The van der Waals surface area contributed by atoms with Crippen LogP contribution in [0.3, 0.4) is 0 Å². The van der Waals surface area contributed by atoms with Crippen LogP contribution in [-0.4, -0.2) is 54.5 Å². The van der Waals surface area contributed by atoms with Gasteiger partial charge in [0.15, 0.2) is 0 Å². The number of aromatic nitrogens is 1. The molecule has 2 aliphatic rings. The Bertz CT molecular complexity index is 770. The Morgan fingerprint density at radius 1 is 1.48 bits per heavy atom. The molecule has 2 aliphatic heterocycles. The lowest BCUT2D eigenvalue weighted by Crippen LogP contribution is -2.46. The molecule has 138 valence electrons. The molecule has 0 bridgehead atoms. The standard InChI is InChI=1S/C16H25N5O3S/c1-3-8-25(23,24)21-7-5-12(10-21)18-16(22)20-14-9-11(2)15-13(19-14)4-6-17-15/h4,6,11-12,17H,3,5,7-10H2,1-2H3,(H2,18,19,20,22)/t11?,12-/m1/s1. The minimum atomic E-state index is -3.21. The van der Waals surface area contributed by atoms with Crippen molar-refractivity contribution in [2.75, 3.05) is 18.8 Å². The van der Waals surface area contributed by atoms with Crippen molar-refractivity contribution in [3.63, 3.8) is 0 Å². The van der Waals surface area contributed by atoms with Gasteiger partial charge in [0, 0.05) is 43.4 Å². The van der Waals surface area contributed by atoms with Crippen molar-refractivity contribution >= 4 is 27.6 Å². The van der Waals surface area contributed by atoms with Gasteiger partial charge in [-0.2, -0.15) is 4.31 Å². The fraction of sp³-hybridized carbons (Fsp3) is 0.625. The van der Waals surface area contributed by atoms with Gasteiger partial charge in [0.05, 0.1) is 11.4 Å². The quantitative estimate of drug-likeness (QED) is 0.753. The second-order valence-corrected chi connectivity index (χ2v) is 8.79. The van der Waals surface area contributed by atoms with Crippen LogP contribution in [0, 0.1) is 0 Å². The second-order valence-electron chi connectivity index (χ2n) is 6.70. The van der Waals surface area contributed by atoms with Gasteiger partial charge >= 0.3 is 6.03 Å². The molecule has 1 aromatic heterocycles. The third-order valence-electron chi connectivity index (χ3n) is 4.60. The molecule has 3 rings (SSSR count). The summed E-state index contributed by atoms with van der Waals surface area (Å²) in [5.74, 6) is 1.05. The molecule has 0 aliphatic carbocycles. The summed E-state index contributed by atoms with van der Waals surface area (Å²) in [6, 6.07) is 1.39. The Hall–Kier alpha value is -1.87. The highest BCUT2D eigenvalue weighted by atomic mass is 32.2. The number of aliphatic imine (C=N–C) groups is 1. The number of amides is 2. The molecule has 2 amide bonds. The number of hydrogen-bond acceptors (Lipinski definition) is 4. The predicted octanol–water partition coefficient (Wildman–Crippen LogP) is 1.67. The van der Waals surface area contributed by atoms with Crippen molar-refractivity contribution in [1.29, 1.82) is 0 Å². The van der Waals surface area contributed by atoms with Crippen molar-refractivity contribution in [2.24, 2.45) is 4.99 Å². The summed E-state index contributed by atoms with van der Waals surface area (Å²) in [5.41, 5.74) is 1.94. The number of nitrogens with zero attached hydrogens (tertiary/aromatic N) is 2. The number of H-pyrrole nitrogens is 1. The highest BCUT2D eigenvalue weighted by Gasteiger charge is 2.31. The van der Waals surface area contributed by atoms with Crippen molar-refractivity contribution in [1.82, 2.24) is 19.9 Å². The zero-order chi connectivity index (χ0) is 18.0. The molecule has 8 nitrogen and oxygen atoms in total. The van der Waals surface area contributed by atoms with Gasteiger partial charge in [-0.1, -0.05) is 13.8 Å². The lowest BCUT2D eigenvalue weighted by atomic mass is 10.00. The lowest BCUT2D eigenvalue weighted by Gasteiger charge is -2.20. The fourth-order valence-corrected chi connectivity index (χ4v) is 4.93. The van der Waals surface area contributed by atoms with Gasteiger partial charge in [0.25, 0.3) is 0 Å². The Balaban J connectivity index is 1.54. The number of urea groups is 1. The van der Waals surface area contributed by atoms with E-state index in [1.807, 2.05) is 19.2 Å². The Labute approximate surface area is 148 Å². The van der Waals surface area contributed by atoms with Crippen LogP contribution in [-0.2, 0) is 10.0 Å². The van der Waals surface area contributed by atoms with Crippen LogP contribution >= 0.6 is 0 Å². The summed E-state index contributed by atoms with van der Waals surface area (Å²) in [5, 5.41) is 5.66. The van der Waals surface area contributed by atoms with E-state index in [4.69, 9.17) is 0 Å². The first kappa shape index (κ1) is 17.9. The average molecular weight is 367 g/mol. The number of fused-ring (bicyclic) bond motifs is 1. The fourth-order valence-electron chi connectivity index (χ4n) is 3.37. The summed E-state index contributed by atoms with van der Waals surface area (Å²) in [6.45, 7) is 4.72. The van der Waals surface area contributed by atoms with Crippen LogP contribution < -0.4 is 10.6 Å². The van der Waals surface area contributed by atoms with Crippen molar-refractivity contribution in [3.05, 3.63) is 18.0 Å². The van der Waals surface area contributed by atoms with Crippen molar-refractivity contribution < 1.29 is 13.2 Å². The van der Waals surface area contributed by atoms with Gasteiger partial charge in [0.1, 0.15) is 5.84 Å². The zero-order valence-corrected chi connectivity index (χ0v) is 15.4. The molecule has 9 heteroatoms. The number of rotatable bonds is 4. The monoisotopic (exact) mass is 367 g/mol. The molecule has 0 spiro atoms. The van der Waals surface area contributed by atoms with Crippen LogP contribution in [0.4, 0.5) is 10.5 Å². The normalized spacial score (nSPS) is 23.8. The predicted molar refractivity (Wildman–Crippen MR) is 96.6 cm³/mol. The van der Waals surface area contributed by atoms with E-state index in [-0.39, 0.29) is 23.7 Å². The smallest absolute Gasteiger partial charge is 0.320 e. The largest absolute Gasteiger partial charge is 0.363 e. The molecule has 3 N–H and O–H groups in total. The third kappa shape index (κ3) is 4.04. The molecule has 3 heterocycles. The molecule has 0 radical (unpaired) electrons.